The molecule has 12 heteroatoms. The minimum atomic E-state index is -1.12. The lowest BCUT2D eigenvalue weighted by Crippen LogP contribution is -2.23. The van der Waals surface area contributed by atoms with Crippen molar-refractivity contribution in [3.05, 3.63) is 99.0 Å². The molecule has 0 unspecified atom stereocenters. The van der Waals surface area contributed by atoms with Gasteiger partial charge in [0.05, 0.1) is 29.8 Å². The van der Waals surface area contributed by atoms with Crippen molar-refractivity contribution in [2.24, 2.45) is 0 Å². The molecule has 1 amide bonds. The summed E-state index contributed by atoms with van der Waals surface area (Å²) in [7, 11) is 0. The Labute approximate surface area is 225 Å². The highest BCUT2D eigenvalue weighted by Gasteiger charge is 2.28. The maximum absolute atomic E-state index is 13.4. The highest BCUT2D eigenvalue weighted by Crippen LogP contribution is 2.34. The Bertz CT molecular complexity index is 1740. The fourth-order valence-corrected chi connectivity index (χ4v) is 5.12. The van der Waals surface area contributed by atoms with Crippen LogP contribution in [0.4, 0.5) is 10.5 Å². The van der Waals surface area contributed by atoms with Crippen LogP contribution in [0.25, 0.3) is 28.1 Å². The van der Waals surface area contributed by atoms with Crippen molar-refractivity contribution < 1.29 is 9.90 Å². The van der Waals surface area contributed by atoms with Gasteiger partial charge in [0.2, 0.25) is 0 Å². The van der Waals surface area contributed by atoms with E-state index in [1.54, 1.807) is 64.1 Å². The van der Waals surface area contributed by atoms with Crippen LogP contribution in [0.1, 0.15) is 24.0 Å². The number of nitrogens with zero attached hydrogens (tertiary/aromatic N) is 5. The molecule has 3 N–H and O–H groups in total. The predicted molar refractivity (Wildman–Crippen MR) is 143 cm³/mol. The molecule has 3 aromatic heterocycles. The largest absolute Gasteiger partial charge is 0.465 e. The molecule has 6 rings (SSSR count). The van der Waals surface area contributed by atoms with E-state index in [-0.39, 0.29) is 16.8 Å². The van der Waals surface area contributed by atoms with Gasteiger partial charge in [-0.1, -0.05) is 40.5 Å². The van der Waals surface area contributed by atoms with Gasteiger partial charge < -0.3 is 14.7 Å². The van der Waals surface area contributed by atoms with Crippen LogP contribution in [0.5, 0.6) is 0 Å². The number of rotatable bonds is 5. The zero-order valence-corrected chi connectivity index (χ0v) is 21.1. The van der Waals surface area contributed by atoms with E-state index >= 15 is 0 Å². The number of hydrogen-bond acceptors (Lipinski definition) is 5. The summed E-state index contributed by atoms with van der Waals surface area (Å²) in [6.07, 6.45) is 3.60. The molecule has 0 bridgehead atoms. The van der Waals surface area contributed by atoms with Crippen molar-refractivity contribution in [3.63, 3.8) is 0 Å². The first kappa shape index (κ1) is 24.0. The number of carbonyl (C=O) groups is 1. The maximum atomic E-state index is 13.4. The molecular weight excluding hydrogens is 529 g/mol. The molecule has 4 heterocycles. The minimum Gasteiger partial charge on any atom is -0.465 e. The Morgan fingerprint density at radius 3 is 2.63 bits per heavy atom. The molecule has 1 atom stereocenters. The number of amides is 1. The van der Waals surface area contributed by atoms with Crippen molar-refractivity contribution in [3.8, 4) is 28.1 Å². The Balaban J connectivity index is 1.33. The maximum Gasteiger partial charge on any atom is 0.409 e. The monoisotopic (exact) mass is 547 g/mol. The third-order valence-electron chi connectivity index (χ3n) is 6.47. The zero-order valence-electron chi connectivity index (χ0n) is 19.6. The van der Waals surface area contributed by atoms with E-state index in [0.717, 1.165) is 28.1 Å². The topological polar surface area (TPSA) is 131 Å². The summed E-state index contributed by atoms with van der Waals surface area (Å²) >= 11 is 12.3. The van der Waals surface area contributed by atoms with Gasteiger partial charge in [-0.15, -0.1) is 5.10 Å². The molecule has 0 saturated carbocycles. The second-order valence-corrected chi connectivity index (χ2v) is 9.66. The lowest BCUT2D eigenvalue weighted by molar-refractivity contribution is 0.209. The number of aryl methyl sites for hydroxylation is 1. The van der Waals surface area contributed by atoms with Crippen molar-refractivity contribution in [2.75, 3.05) is 5.32 Å². The number of aromatic amines is 1. The fourth-order valence-electron chi connectivity index (χ4n) is 4.82. The smallest absolute Gasteiger partial charge is 0.409 e. The first-order valence-electron chi connectivity index (χ1n) is 11.6. The second-order valence-electron chi connectivity index (χ2n) is 8.83. The van der Waals surface area contributed by atoms with Gasteiger partial charge in [-0.05, 0) is 60.4 Å². The molecular formula is C26H19Cl2N7O3. The van der Waals surface area contributed by atoms with Gasteiger partial charge in [-0.2, -0.15) is 0 Å². The Morgan fingerprint density at radius 1 is 1.08 bits per heavy atom. The third kappa shape index (κ3) is 4.44. The van der Waals surface area contributed by atoms with Crippen molar-refractivity contribution in [2.45, 2.75) is 18.9 Å². The minimum absolute atomic E-state index is 0.149. The molecule has 2 aromatic carbocycles. The van der Waals surface area contributed by atoms with Crippen molar-refractivity contribution in [1.29, 1.82) is 0 Å². The average molecular weight is 548 g/mol. The summed E-state index contributed by atoms with van der Waals surface area (Å²) in [5.74, 6) is 0.682. The van der Waals surface area contributed by atoms with Crippen LogP contribution in [0.15, 0.2) is 71.8 Å². The number of H-pyrrole nitrogens is 1. The van der Waals surface area contributed by atoms with Crippen molar-refractivity contribution >= 4 is 35.0 Å². The van der Waals surface area contributed by atoms with Crippen LogP contribution in [-0.2, 0) is 6.42 Å². The SMILES string of the molecule is O=C(O)Nc1ccc(-c2cnc([C@@H]3CCc4cc(-c5cc(Cl)ccc5-n5cc(Cl)nn5)cc(=O)n43)[nH]2)cc1. The molecule has 0 saturated heterocycles. The summed E-state index contributed by atoms with van der Waals surface area (Å²) in [5, 5.41) is 19.9. The van der Waals surface area contributed by atoms with Gasteiger partial charge in [0.25, 0.3) is 5.56 Å². The number of imidazole rings is 1. The normalized spacial score (nSPS) is 14.4. The first-order chi connectivity index (χ1) is 18.4. The Kier molecular flexibility index (Phi) is 5.97. The van der Waals surface area contributed by atoms with Gasteiger partial charge in [0.1, 0.15) is 5.82 Å². The molecule has 5 aromatic rings. The van der Waals surface area contributed by atoms with E-state index in [9.17, 15) is 9.59 Å². The molecule has 38 heavy (non-hydrogen) atoms. The Morgan fingerprint density at radius 2 is 1.89 bits per heavy atom. The van der Waals surface area contributed by atoms with E-state index in [0.29, 0.717) is 35.1 Å². The molecule has 0 fully saturated rings. The quantitative estimate of drug-likeness (QED) is 0.269. The fraction of sp³-hybridized carbons (Fsp3) is 0.115. The zero-order chi connectivity index (χ0) is 26.4. The van der Waals surface area contributed by atoms with Gasteiger partial charge in [0, 0.05) is 28.0 Å². The third-order valence-corrected chi connectivity index (χ3v) is 6.88. The first-order valence-corrected chi connectivity index (χ1v) is 12.4. The molecule has 0 radical (unpaired) electrons. The number of fused-ring (bicyclic) bond motifs is 1. The summed E-state index contributed by atoms with van der Waals surface area (Å²) in [6, 6.07) is 15.7. The molecule has 190 valence electrons. The molecule has 1 aliphatic heterocycles. The number of halogens is 2. The highest BCUT2D eigenvalue weighted by atomic mass is 35.5. The summed E-state index contributed by atoms with van der Waals surface area (Å²) in [4.78, 5) is 32.1. The van der Waals surface area contributed by atoms with Crippen molar-refractivity contribution in [1.82, 2.24) is 29.5 Å². The van der Waals surface area contributed by atoms with Crippen LogP contribution in [0.2, 0.25) is 10.2 Å². The van der Waals surface area contributed by atoms with E-state index in [4.69, 9.17) is 28.3 Å². The molecule has 1 aliphatic rings. The van der Waals surface area contributed by atoms with Gasteiger partial charge in [-0.25, -0.2) is 14.5 Å². The van der Waals surface area contributed by atoms with Crippen LogP contribution < -0.4 is 10.9 Å². The van der Waals surface area contributed by atoms with E-state index in [1.807, 2.05) is 12.1 Å². The lowest BCUT2D eigenvalue weighted by Gasteiger charge is -2.15. The number of aromatic nitrogens is 6. The predicted octanol–water partition coefficient (Wildman–Crippen LogP) is 5.42. The lowest BCUT2D eigenvalue weighted by atomic mass is 10.0. The number of carboxylic acid groups (broad SMARTS) is 1. The summed E-state index contributed by atoms with van der Waals surface area (Å²) in [6.45, 7) is 0. The van der Waals surface area contributed by atoms with Gasteiger partial charge in [-0.3, -0.25) is 10.1 Å². The average Bonchev–Trinajstić information content (AvgIpc) is 3.64. The van der Waals surface area contributed by atoms with E-state index in [2.05, 4.69) is 25.6 Å². The van der Waals surface area contributed by atoms with Crippen LogP contribution in [0, 0.1) is 0 Å². The highest BCUT2D eigenvalue weighted by molar-refractivity contribution is 6.31. The van der Waals surface area contributed by atoms with E-state index in [1.165, 1.54) is 0 Å². The van der Waals surface area contributed by atoms with Gasteiger partial charge in [0.15, 0.2) is 5.15 Å². The number of pyridine rings is 1. The molecule has 0 aliphatic carbocycles. The van der Waals surface area contributed by atoms with E-state index < -0.39 is 6.09 Å². The van der Waals surface area contributed by atoms with Crippen LogP contribution in [0.3, 0.4) is 0 Å². The molecule has 10 nitrogen and oxygen atoms in total. The summed E-state index contributed by atoms with van der Waals surface area (Å²) < 4.78 is 3.32. The standard InChI is InChI=1S/C26H19Cl2N7O3/c27-16-3-7-21(34-13-23(28)32-33-34)19(11-16)15-9-18-6-8-22(35(18)24(36)10-15)25-29-12-20(31-25)14-1-4-17(5-2-14)30-26(37)38/h1-5,7,9-13,22,30H,6,8H2,(H,29,31)(H,37,38)/t22-/m0/s1. The second kappa shape index (κ2) is 9.47. The number of anilines is 1. The number of nitrogens with one attached hydrogen (secondary N) is 2. The number of hydrogen-bond donors (Lipinski definition) is 3. The van der Waals surface area contributed by atoms with Crippen LogP contribution >= 0.6 is 23.2 Å². The van der Waals surface area contributed by atoms with Crippen LogP contribution in [-0.4, -0.2) is 40.7 Å². The molecule has 0 spiro atoms. The number of benzene rings is 2. The summed E-state index contributed by atoms with van der Waals surface area (Å²) in [5.41, 5.74) is 5.00. The van der Waals surface area contributed by atoms with Gasteiger partial charge >= 0.3 is 6.09 Å². The Hall–Kier alpha value is -4.41.